The number of carbonyl (C=O) groups excluding carboxylic acids is 1. The van der Waals surface area contributed by atoms with Gasteiger partial charge in [0.1, 0.15) is 6.10 Å². The van der Waals surface area contributed by atoms with E-state index in [1.165, 1.54) is 0 Å². The van der Waals surface area contributed by atoms with Crippen molar-refractivity contribution < 1.29 is 19.4 Å². The van der Waals surface area contributed by atoms with Crippen LogP contribution in [0.25, 0.3) is 0 Å². The molecule has 26 heavy (non-hydrogen) atoms. The topological polar surface area (TPSA) is 67.8 Å². The number of hydrogen-bond donors (Lipinski definition) is 2. The highest BCUT2D eigenvalue weighted by atomic mass is 16.5. The van der Waals surface area contributed by atoms with E-state index in [-0.39, 0.29) is 12.4 Å². The van der Waals surface area contributed by atoms with Gasteiger partial charge >= 0.3 is 0 Å². The zero-order valence-electron chi connectivity index (χ0n) is 15.1. The minimum Gasteiger partial charge on any atom is -0.389 e. The Kier molecular flexibility index (Phi) is 9.00. The van der Waals surface area contributed by atoms with E-state index >= 15 is 0 Å². The maximum atomic E-state index is 12.8. The zero-order chi connectivity index (χ0) is 18.6. The molecule has 2 N–H and O–H groups in total. The van der Waals surface area contributed by atoms with Crippen molar-refractivity contribution in [2.45, 2.75) is 18.6 Å². The fourth-order valence-corrected chi connectivity index (χ4v) is 2.57. The summed E-state index contributed by atoms with van der Waals surface area (Å²) in [7, 11) is 1.63. The zero-order valence-corrected chi connectivity index (χ0v) is 15.1. The molecule has 0 heterocycles. The summed E-state index contributed by atoms with van der Waals surface area (Å²) in [5.41, 5.74) is 1.63. The number of aliphatic hydroxyl groups is 1. The number of ketones is 1. The molecule has 2 aromatic carbocycles. The second-order valence-corrected chi connectivity index (χ2v) is 6.09. The molecule has 5 heteroatoms. The van der Waals surface area contributed by atoms with Crippen molar-refractivity contribution >= 4 is 5.78 Å². The first kappa shape index (κ1) is 20.3. The van der Waals surface area contributed by atoms with Gasteiger partial charge in [-0.3, -0.25) is 4.79 Å². The van der Waals surface area contributed by atoms with Crippen LogP contribution in [0.1, 0.15) is 15.9 Å². The quantitative estimate of drug-likeness (QED) is 0.450. The summed E-state index contributed by atoms with van der Waals surface area (Å²) in [6.45, 7) is 1.72. The van der Waals surface area contributed by atoms with Gasteiger partial charge in [-0.2, -0.15) is 0 Å². The first-order valence-electron chi connectivity index (χ1n) is 8.83. The van der Waals surface area contributed by atoms with Gasteiger partial charge in [-0.1, -0.05) is 60.7 Å². The van der Waals surface area contributed by atoms with E-state index in [0.29, 0.717) is 31.7 Å². The van der Waals surface area contributed by atoms with Crippen LogP contribution in [0.3, 0.4) is 0 Å². The van der Waals surface area contributed by atoms with Crippen LogP contribution in [0, 0.1) is 0 Å². The molecule has 0 saturated carbocycles. The molecule has 0 aliphatic carbocycles. The number of ether oxygens (including phenoxy) is 2. The van der Waals surface area contributed by atoms with Gasteiger partial charge in [0.2, 0.25) is 0 Å². The predicted molar refractivity (Wildman–Crippen MR) is 101 cm³/mol. The highest BCUT2D eigenvalue weighted by Gasteiger charge is 2.22. The third kappa shape index (κ3) is 7.06. The van der Waals surface area contributed by atoms with Crippen molar-refractivity contribution in [3.05, 3.63) is 71.8 Å². The third-order valence-corrected chi connectivity index (χ3v) is 3.97. The van der Waals surface area contributed by atoms with E-state index in [1.807, 2.05) is 48.5 Å². The third-order valence-electron chi connectivity index (χ3n) is 3.97. The second-order valence-electron chi connectivity index (χ2n) is 6.09. The Hall–Kier alpha value is -2.05. The summed E-state index contributed by atoms with van der Waals surface area (Å²) in [4.78, 5) is 12.8. The number of aliphatic hydroxyl groups excluding tert-OH is 1. The lowest BCUT2D eigenvalue weighted by Gasteiger charge is -2.20. The van der Waals surface area contributed by atoms with Crippen LogP contribution in [0.4, 0.5) is 0 Å². The van der Waals surface area contributed by atoms with Crippen molar-refractivity contribution in [1.29, 1.82) is 0 Å². The van der Waals surface area contributed by atoms with Gasteiger partial charge in [0.05, 0.1) is 19.3 Å². The van der Waals surface area contributed by atoms with Crippen LogP contribution < -0.4 is 5.32 Å². The average Bonchev–Trinajstić information content (AvgIpc) is 2.69. The lowest BCUT2D eigenvalue weighted by atomic mass is 10.00. The maximum absolute atomic E-state index is 12.8. The standard InChI is InChI=1S/C21H27NO4/c1-25-13-12-22-15-19(23)16-26-20(14-17-8-4-2-5-9-17)21(24)18-10-6-3-7-11-18/h2-11,19-20,22-23H,12-16H2,1H3. The molecule has 0 saturated heterocycles. The summed E-state index contributed by atoms with van der Waals surface area (Å²) in [6, 6.07) is 18.9. The van der Waals surface area contributed by atoms with Gasteiger partial charge in [-0.05, 0) is 5.56 Å². The number of methoxy groups -OCH3 is 1. The van der Waals surface area contributed by atoms with Crippen LogP contribution in [0.5, 0.6) is 0 Å². The van der Waals surface area contributed by atoms with Gasteiger partial charge < -0.3 is 19.9 Å². The Bertz CT molecular complexity index is 633. The Labute approximate surface area is 155 Å². The molecule has 5 nitrogen and oxygen atoms in total. The summed E-state index contributed by atoms with van der Waals surface area (Å²) < 4.78 is 10.8. The van der Waals surface area contributed by atoms with Gasteiger partial charge in [-0.25, -0.2) is 0 Å². The number of rotatable bonds is 12. The number of hydrogen-bond acceptors (Lipinski definition) is 5. The van der Waals surface area contributed by atoms with Crippen molar-refractivity contribution in [1.82, 2.24) is 5.32 Å². The lowest BCUT2D eigenvalue weighted by Crippen LogP contribution is -2.36. The Morgan fingerprint density at radius 2 is 1.73 bits per heavy atom. The van der Waals surface area contributed by atoms with Crippen LogP contribution in [-0.2, 0) is 15.9 Å². The summed E-state index contributed by atoms with van der Waals surface area (Å²) in [5.74, 6) is -0.0750. The molecule has 0 bridgehead atoms. The Morgan fingerprint density at radius 3 is 2.38 bits per heavy atom. The monoisotopic (exact) mass is 357 g/mol. The fraction of sp³-hybridized carbons (Fsp3) is 0.381. The summed E-state index contributed by atoms with van der Waals surface area (Å²) in [6.07, 6.45) is -0.847. The summed E-state index contributed by atoms with van der Waals surface area (Å²) in [5, 5.41) is 13.2. The predicted octanol–water partition coefficient (Wildman–Crippen LogP) is 2.09. The SMILES string of the molecule is COCCNCC(O)COC(Cc1ccccc1)C(=O)c1ccccc1. The molecule has 0 aliphatic rings. The normalized spacial score (nSPS) is 13.3. The largest absolute Gasteiger partial charge is 0.389 e. The first-order valence-corrected chi connectivity index (χ1v) is 8.83. The second kappa shape index (κ2) is 11.5. The van der Waals surface area contributed by atoms with E-state index in [2.05, 4.69) is 5.32 Å². The van der Waals surface area contributed by atoms with Gasteiger partial charge in [-0.15, -0.1) is 0 Å². The molecular weight excluding hydrogens is 330 g/mol. The highest BCUT2D eigenvalue weighted by molar-refractivity contribution is 5.99. The van der Waals surface area contributed by atoms with E-state index in [4.69, 9.17) is 9.47 Å². The van der Waals surface area contributed by atoms with E-state index < -0.39 is 12.2 Å². The van der Waals surface area contributed by atoms with E-state index in [9.17, 15) is 9.90 Å². The number of benzene rings is 2. The lowest BCUT2D eigenvalue weighted by molar-refractivity contribution is -0.00197. The molecule has 2 unspecified atom stereocenters. The maximum Gasteiger partial charge on any atom is 0.191 e. The van der Waals surface area contributed by atoms with Gasteiger partial charge in [0, 0.05) is 32.2 Å². The fourth-order valence-electron chi connectivity index (χ4n) is 2.57. The van der Waals surface area contributed by atoms with Crippen molar-refractivity contribution in [2.24, 2.45) is 0 Å². The molecule has 0 fully saturated rings. The Balaban J connectivity index is 1.95. The van der Waals surface area contributed by atoms with Crippen LogP contribution in [-0.4, -0.2) is 56.5 Å². The summed E-state index contributed by atoms with van der Waals surface area (Å²) >= 11 is 0. The van der Waals surface area contributed by atoms with E-state index in [1.54, 1.807) is 19.2 Å². The number of carbonyl (C=O) groups is 1. The van der Waals surface area contributed by atoms with Crippen LogP contribution in [0.15, 0.2) is 60.7 Å². The molecular formula is C21H27NO4. The minimum absolute atomic E-state index is 0.0750. The molecule has 0 aliphatic heterocycles. The first-order chi connectivity index (χ1) is 12.7. The van der Waals surface area contributed by atoms with Crippen molar-refractivity contribution in [3.63, 3.8) is 0 Å². The molecule has 0 amide bonds. The molecule has 0 radical (unpaired) electrons. The smallest absolute Gasteiger partial charge is 0.191 e. The number of nitrogens with one attached hydrogen (secondary N) is 1. The van der Waals surface area contributed by atoms with E-state index in [0.717, 1.165) is 5.56 Å². The van der Waals surface area contributed by atoms with Crippen LogP contribution >= 0.6 is 0 Å². The molecule has 0 spiro atoms. The highest BCUT2D eigenvalue weighted by Crippen LogP contribution is 2.13. The van der Waals surface area contributed by atoms with Gasteiger partial charge in [0.15, 0.2) is 5.78 Å². The Morgan fingerprint density at radius 1 is 1.08 bits per heavy atom. The average molecular weight is 357 g/mol. The van der Waals surface area contributed by atoms with Crippen LogP contribution in [0.2, 0.25) is 0 Å². The van der Waals surface area contributed by atoms with Crippen molar-refractivity contribution in [2.75, 3.05) is 33.4 Å². The molecule has 2 aromatic rings. The van der Waals surface area contributed by atoms with Crippen molar-refractivity contribution in [3.8, 4) is 0 Å². The molecule has 2 rings (SSSR count). The number of Topliss-reactive ketones (excluding diaryl/α,β-unsaturated/α-hetero) is 1. The molecule has 140 valence electrons. The van der Waals surface area contributed by atoms with Gasteiger partial charge in [0.25, 0.3) is 0 Å². The minimum atomic E-state index is -0.686. The molecule has 2 atom stereocenters. The molecule has 0 aromatic heterocycles.